The smallest absolute Gasteiger partial charge is 0.254 e. The summed E-state index contributed by atoms with van der Waals surface area (Å²) in [7, 11) is 0. The molecule has 7 heteroatoms. The normalized spacial score (nSPS) is 19.3. The highest BCUT2D eigenvalue weighted by atomic mass is 19.1. The van der Waals surface area contributed by atoms with Gasteiger partial charge in [-0.2, -0.15) is 0 Å². The summed E-state index contributed by atoms with van der Waals surface area (Å²) in [6, 6.07) is 12.0. The molecule has 0 bridgehead atoms. The molecule has 0 N–H and O–H groups in total. The lowest BCUT2D eigenvalue weighted by Gasteiger charge is -2.37. The van der Waals surface area contributed by atoms with Crippen molar-refractivity contribution >= 4 is 5.91 Å². The van der Waals surface area contributed by atoms with E-state index in [1.807, 2.05) is 17.0 Å². The summed E-state index contributed by atoms with van der Waals surface area (Å²) in [6.45, 7) is 7.71. The molecule has 2 aliphatic heterocycles. The highest BCUT2D eigenvalue weighted by molar-refractivity contribution is 5.95. The second-order valence-electron chi connectivity index (χ2n) is 8.14. The highest BCUT2D eigenvalue weighted by Gasteiger charge is 2.29. The quantitative estimate of drug-likeness (QED) is 0.673. The van der Waals surface area contributed by atoms with Crippen LogP contribution in [-0.4, -0.2) is 60.9 Å². The van der Waals surface area contributed by atoms with Crippen molar-refractivity contribution in [3.63, 3.8) is 0 Å². The molecule has 0 aliphatic carbocycles. The molecule has 2 heterocycles. The summed E-state index contributed by atoms with van der Waals surface area (Å²) in [5, 5.41) is 0. The van der Waals surface area contributed by atoms with Crippen LogP contribution in [0.5, 0.6) is 11.5 Å². The van der Waals surface area contributed by atoms with Crippen LogP contribution in [0.2, 0.25) is 0 Å². The number of carbonyl (C=O) groups is 1. The molecular weight excluding hydrogens is 399 g/mol. The van der Waals surface area contributed by atoms with Crippen molar-refractivity contribution in [1.29, 1.82) is 0 Å². The van der Waals surface area contributed by atoms with Gasteiger partial charge in [0.05, 0.1) is 12.7 Å². The van der Waals surface area contributed by atoms with Gasteiger partial charge in [0.2, 0.25) is 6.79 Å². The maximum Gasteiger partial charge on any atom is 0.254 e. The Labute approximate surface area is 182 Å². The number of ether oxygens (including phenoxy) is 3. The fourth-order valence-electron chi connectivity index (χ4n) is 3.98. The first-order chi connectivity index (χ1) is 15.0. The summed E-state index contributed by atoms with van der Waals surface area (Å²) >= 11 is 0. The van der Waals surface area contributed by atoms with Crippen molar-refractivity contribution in [3.05, 3.63) is 59.4 Å². The molecule has 1 fully saturated rings. The van der Waals surface area contributed by atoms with E-state index in [2.05, 4.69) is 18.7 Å². The first-order valence-corrected chi connectivity index (χ1v) is 10.8. The van der Waals surface area contributed by atoms with Gasteiger partial charge in [-0.3, -0.25) is 9.69 Å². The monoisotopic (exact) mass is 428 g/mol. The minimum atomic E-state index is -0.227. The van der Waals surface area contributed by atoms with E-state index in [0.29, 0.717) is 30.2 Å². The summed E-state index contributed by atoms with van der Waals surface area (Å²) in [6.07, 6.45) is 0.767. The van der Waals surface area contributed by atoms with Gasteiger partial charge >= 0.3 is 0 Å². The van der Waals surface area contributed by atoms with Crippen LogP contribution in [0, 0.1) is 5.82 Å². The van der Waals surface area contributed by atoms with Crippen LogP contribution in [-0.2, 0) is 11.3 Å². The standard InChI is InChI=1S/C24H29FN2O4/c1-3-17(2)27(24(28)19-6-9-22-23(12-19)31-16-30-22)15-21-14-26(10-11-29-21)13-18-4-7-20(25)8-5-18/h4-9,12,17,21H,3,10-11,13-16H2,1-2H3. The fourth-order valence-corrected chi connectivity index (χ4v) is 3.98. The van der Waals surface area contributed by atoms with Crippen LogP contribution in [0.3, 0.4) is 0 Å². The number of benzene rings is 2. The van der Waals surface area contributed by atoms with Gasteiger partial charge in [0.1, 0.15) is 5.82 Å². The van der Waals surface area contributed by atoms with Crippen molar-refractivity contribution < 1.29 is 23.4 Å². The molecule has 1 amide bonds. The molecule has 4 rings (SSSR count). The van der Waals surface area contributed by atoms with Crippen LogP contribution >= 0.6 is 0 Å². The third kappa shape index (κ3) is 5.17. The zero-order chi connectivity index (χ0) is 21.8. The molecule has 2 aromatic carbocycles. The van der Waals surface area contributed by atoms with Gasteiger partial charge in [0.15, 0.2) is 11.5 Å². The molecule has 0 saturated carbocycles. The van der Waals surface area contributed by atoms with Gasteiger partial charge in [-0.05, 0) is 49.2 Å². The second kappa shape index (κ2) is 9.66. The Morgan fingerprint density at radius 3 is 2.74 bits per heavy atom. The topological polar surface area (TPSA) is 51.2 Å². The van der Waals surface area contributed by atoms with Crippen molar-refractivity contribution in [2.24, 2.45) is 0 Å². The molecule has 2 unspecified atom stereocenters. The van der Waals surface area contributed by atoms with E-state index >= 15 is 0 Å². The zero-order valence-electron chi connectivity index (χ0n) is 18.1. The molecule has 2 aliphatic rings. The van der Waals surface area contributed by atoms with E-state index in [1.165, 1.54) is 12.1 Å². The molecule has 0 aromatic heterocycles. The van der Waals surface area contributed by atoms with Crippen LogP contribution < -0.4 is 9.47 Å². The molecule has 31 heavy (non-hydrogen) atoms. The number of morpholine rings is 1. The largest absolute Gasteiger partial charge is 0.454 e. The Bertz CT molecular complexity index is 905. The Hall–Kier alpha value is -2.64. The van der Waals surface area contributed by atoms with E-state index in [4.69, 9.17) is 14.2 Å². The van der Waals surface area contributed by atoms with E-state index in [0.717, 1.165) is 31.6 Å². The van der Waals surface area contributed by atoms with Gasteiger partial charge in [0.25, 0.3) is 5.91 Å². The first kappa shape index (κ1) is 21.6. The number of fused-ring (bicyclic) bond motifs is 1. The number of rotatable bonds is 7. The lowest BCUT2D eigenvalue weighted by Crippen LogP contribution is -2.50. The number of amides is 1. The van der Waals surface area contributed by atoms with Crippen LogP contribution in [0.1, 0.15) is 36.2 Å². The summed E-state index contributed by atoms with van der Waals surface area (Å²) in [4.78, 5) is 17.5. The molecule has 1 saturated heterocycles. The number of nitrogens with zero attached hydrogens (tertiary/aromatic N) is 2. The number of halogens is 1. The van der Waals surface area contributed by atoms with E-state index in [-0.39, 0.29) is 30.7 Å². The number of carbonyl (C=O) groups excluding carboxylic acids is 1. The van der Waals surface area contributed by atoms with Crippen molar-refractivity contribution in [2.75, 3.05) is 33.0 Å². The maximum absolute atomic E-state index is 13.3. The highest BCUT2D eigenvalue weighted by Crippen LogP contribution is 2.33. The summed E-state index contributed by atoms with van der Waals surface area (Å²) in [5.41, 5.74) is 1.65. The molecule has 0 spiro atoms. The van der Waals surface area contributed by atoms with Crippen molar-refractivity contribution in [2.45, 2.75) is 39.0 Å². The van der Waals surface area contributed by atoms with Crippen LogP contribution in [0.15, 0.2) is 42.5 Å². The third-order valence-corrected chi connectivity index (χ3v) is 5.95. The molecule has 2 aromatic rings. The van der Waals surface area contributed by atoms with Gasteiger partial charge in [-0.15, -0.1) is 0 Å². The van der Waals surface area contributed by atoms with Gasteiger partial charge in [-0.1, -0.05) is 19.1 Å². The molecule has 166 valence electrons. The minimum absolute atomic E-state index is 0.0353. The number of hydrogen-bond donors (Lipinski definition) is 0. The van der Waals surface area contributed by atoms with Crippen molar-refractivity contribution in [1.82, 2.24) is 9.80 Å². The first-order valence-electron chi connectivity index (χ1n) is 10.8. The second-order valence-corrected chi connectivity index (χ2v) is 8.14. The zero-order valence-corrected chi connectivity index (χ0v) is 18.1. The van der Waals surface area contributed by atoms with E-state index in [1.54, 1.807) is 18.2 Å². The Kier molecular flexibility index (Phi) is 6.73. The summed E-state index contributed by atoms with van der Waals surface area (Å²) in [5.74, 6) is 1.01. The van der Waals surface area contributed by atoms with Crippen LogP contribution in [0.25, 0.3) is 0 Å². The SMILES string of the molecule is CCC(C)N(CC1CN(Cc2ccc(F)cc2)CCO1)C(=O)c1ccc2c(c1)OCO2. The fraction of sp³-hybridized carbons (Fsp3) is 0.458. The lowest BCUT2D eigenvalue weighted by atomic mass is 10.1. The molecular formula is C24H29FN2O4. The molecule has 2 atom stereocenters. The van der Waals surface area contributed by atoms with Gasteiger partial charge in [0, 0.05) is 37.8 Å². The number of hydrogen-bond acceptors (Lipinski definition) is 5. The maximum atomic E-state index is 13.3. The van der Waals surface area contributed by atoms with Gasteiger partial charge in [-0.25, -0.2) is 4.39 Å². The Balaban J connectivity index is 1.43. The average Bonchev–Trinajstić information content (AvgIpc) is 3.26. The predicted octanol–water partition coefficient (Wildman–Crippen LogP) is 3.70. The lowest BCUT2D eigenvalue weighted by molar-refractivity contribution is -0.0465. The Morgan fingerprint density at radius 2 is 1.97 bits per heavy atom. The predicted molar refractivity (Wildman–Crippen MR) is 115 cm³/mol. The van der Waals surface area contributed by atoms with Gasteiger partial charge < -0.3 is 19.1 Å². The van der Waals surface area contributed by atoms with Crippen molar-refractivity contribution in [3.8, 4) is 11.5 Å². The minimum Gasteiger partial charge on any atom is -0.454 e. The Morgan fingerprint density at radius 1 is 1.19 bits per heavy atom. The van der Waals surface area contributed by atoms with E-state index in [9.17, 15) is 9.18 Å². The van der Waals surface area contributed by atoms with E-state index < -0.39 is 0 Å². The summed E-state index contributed by atoms with van der Waals surface area (Å²) < 4.78 is 30.0. The third-order valence-electron chi connectivity index (χ3n) is 5.95. The molecule has 0 radical (unpaired) electrons. The molecule has 6 nitrogen and oxygen atoms in total. The van der Waals surface area contributed by atoms with Crippen LogP contribution in [0.4, 0.5) is 4.39 Å². The average molecular weight is 429 g/mol.